The zero-order chi connectivity index (χ0) is 17.5. The first-order valence-corrected chi connectivity index (χ1v) is 7.16. The number of hydrogen-bond acceptors (Lipinski definition) is 4. The van der Waals surface area contributed by atoms with E-state index < -0.39 is 17.6 Å². The molecule has 0 unspecified atom stereocenters. The molecule has 0 saturated carbocycles. The average molecular weight is 358 g/mol. The standard InChI is InChI=1S/C15H11ClF3N3O2/c16-9-5-6-13(23)12(7-9)22-14(24)8-21(20-22)11-4-2-1-3-10(11)15(17,18)19/h1-7,20,23H,8H2. The van der Waals surface area contributed by atoms with Gasteiger partial charge < -0.3 is 5.11 Å². The highest BCUT2D eigenvalue weighted by atomic mass is 35.5. The minimum atomic E-state index is -4.56. The van der Waals surface area contributed by atoms with E-state index in [0.29, 0.717) is 0 Å². The van der Waals surface area contributed by atoms with Crippen molar-refractivity contribution in [3.63, 3.8) is 0 Å². The summed E-state index contributed by atoms with van der Waals surface area (Å²) in [6.45, 7) is -0.334. The average Bonchev–Trinajstić information content (AvgIpc) is 2.90. The van der Waals surface area contributed by atoms with Crippen LogP contribution < -0.4 is 15.6 Å². The number of nitrogens with zero attached hydrogens (tertiary/aromatic N) is 2. The lowest BCUT2D eigenvalue weighted by atomic mass is 10.1. The van der Waals surface area contributed by atoms with Crippen LogP contribution in [-0.2, 0) is 11.0 Å². The minimum absolute atomic E-state index is 0.0551. The van der Waals surface area contributed by atoms with E-state index in [1.54, 1.807) is 0 Å². The first-order valence-electron chi connectivity index (χ1n) is 6.79. The smallest absolute Gasteiger partial charge is 0.418 e. The van der Waals surface area contributed by atoms with E-state index in [-0.39, 0.29) is 28.7 Å². The van der Waals surface area contributed by atoms with Crippen molar-refractivity contribution in [2.45, 2.75) is 6.18 Å². The zero-order valence-corrected chi connectivity index (χ0v) is 12.8. The van der Waals surface area contributed by atoms with Gasteiger partial charge in [0.05, 0.1) is 11.3 Å². The van der Waals surface area contributed by atoms with Crippen molar-refractivity contribution in [2.75, 3.05) is 16.6 Å². The number of phenols is 1. The Labute approximate surface area is 139 Å². The van der Waals surface area contributed by atoms with Crippen molar-refractivity contribution < 1.29 is 23.1 Å². The van der Waals surface area contributed by atoms with Crippen LogP contribution in [0.15, 0.2) is 42.5 Å². The molecule has 1 aliphatic heterocycles. The molecule has 0 aliphatic carbocycles. The highest BCUT2D eigenvalue weighted by Crippen LogP contribution is 2.37. The monoisotopic (exact) mass is 357 g/mol. The van der Waals surface area contributed by atoms with Crippen molar-refractivity contribution in [2.24, 2.45) is 0 Å². The molecule has 2 aromatic carbocycles. The van der Waals surface area contributed by atoms with Crippen LogP contribution >= 0.6 is 11.6 Å². The maximum Gasteiger partial charge on any atom is 0.418 e. The lowest BCUT2D eigenvalue weighted by Gasteiger charge is -2.24. The van der Waals surface area contributed by atoms with Crippen LogP contribution in [0.2, 0.25) is 5.02 Å². The molecule has 0 bridgehead atoms. The molecular weight excluding hydrogens is 347 g/mol. The van der Waals surface area contributed by atoms with Gasteiger partial charge >= 0.3 is 6.18 Å². The molecule has 24 heavy (non-hydrogen) atoms. The van der Waals surface area contributed by atoms with Crippen molar-refractivity contribution >= 4 is 28.9 Å². The number of phenolic OH excluding ortho intramolecular Hbond substituents is 1. The van der Waals surface area contributed by atoms with Gasteiger partial charge in [-0.1, -0.05) is 23.7 Å². The second-order valence-corrected chi connectivity index (χ2v) is 5.50. The quantitative estimate of drug-likeness (QED) is 0.865. The largest absolute Gasteiger partial charge is 0.506 e. The Balaban J connectivity index is 1.95. The molecule has 9 heteroatoms. The molecular formula is C15H11ClF3N3O2. The van der Waals surface area contributed by atoms with E-state index in [4.69, 9.17) is 11.6 Å². The van der Waals surface area contributed by atoms with Crippen LogP contribution in [0.3, 0.4) is 0 Å². The SMILES string of the molecule is O=C1CN(c2ccccc2C(F)(F)F)NN1c1cc(Cl)ccc1O. The molecule has 0 spiro atoms. The number of carbonyl (C=O) groups excluding carboxylic acids is 1. The predicted molar refractivity (Wildman–Crippen MR) is 82.5 cm³/mol. The maximum absolute atomic E-state index is 13.1. The zero-order valence-electron chi connectivity index (χ0n) is 12.0. The van der Waals surface area contributed by atoms with Gasteiger partial charge in [0.2, 0.25) is 0 Å². The van der Waals surface area contributed by atoms with Gasteiger partial charge in [-0.3, -0.25) is 9.80 Å². The summed E-state index contributed by atoms with van der Waals surface area (Å²) in [7, 11) is 0. The molecule has 2 N–H and O–H groups in total. The van der Waals surface area contributed by atoms with Crippen LogP contribution in [0.5, 0.6) is 5.75 Å². The maximum atomic E-state index is 13.1. The van der Waals surface area contributed by atoms with Gasteiger partial charge in [-0.05, 0) is 30.3 Å². The lowest BCUT2D eigenvalue weighted by Crippen LogP contribution is -2.41. The number of para-hydroxylation sites is 1. The van der Waals surface area contributed by atoms with Gasteiger partial charge in [0.1, 0.15) is 18.0 Å². The molecule has 0 atom stereocenters. The third-order valence-electron chi connectivity index (χ3n) is 3.44. The Morgan fingerprint density at radius 3 is 2.54 bits per heavy atom. The second-order valence-electron chi connectivity index (χ2n) is 5.06. The summed E-state index contributed by atoms with van der Waals surface area (Å²) < 4.78 is 39.4. The number of anilines is 2. The number of amides is 1. The van der Waals surface area contributed by atoms with Gasteiger partial charge in [-0.25, -0.2) is 5.01 Å². The van der Waals surface area contributed by atoms with Gasteiger partial charge in [-0.15, -0.1) is 5.53 Å². The fraction of sp³-hybridized carbons (Fsp3) is 0.133. The Kier molecular flexibility index (Phi) is 4.02. The third-order valence-corrected chi connectivity index (χ3v) is 3.68. The molecule has 3 rings (SSSR count). The molecule has 126 valence electrons. The van der Waals surface area contributed by atoms with E-state index >= 15 is 0 Å². The Morgan fingerprint density at radius 2 is 1.83 bits per heavy atom. The first kappa shape index (κ1) is 16.4. The topological polar surface area (TPSA) is 55.8 Å². The van der Waals surface area contributed by atoms with E-state index in [9.17, 15) is 23.1 Å². The van der Waals surface area contributed by atoms with Crippen molar-refractivity contribution in [1.29, 1.82) is 0 Å². The van der Waals surface area contributed by atoms with Gasteiger partial charge in [0, 0.05) is 5.02 Å². The summed E-state index contributed by atoms with van der Waals surface area (Å²) in [4.78, 5) is 12.2. The van der Waals surface area contributed by atoms with Crippen LogP contribution in [0.4, 0.5) is 24.5 Å². The number of alkyl halides is 3. The normalized spacial score (nSPS) is 15.2. The fourth-order valence-electron chi connectivity index (χ4n) is 2.37. The van der Waals surface area contributed by atoms with Gasteiger partial charge in [-0.2, -0.15) is 13.2 Å². The van der Waals surface area contributed by atoms with Gasteiger partial charge in [0.15, 0.2) is 0 Å². The highest BCUT2D eigenvalue weighted by molar-refractivity contribution is 6.31. The lowest BCUT2D eigenvalue weighted by molar-refractivity contribution is -0.137. The van der Waals surface area contributed by atoms with Gasteiger partial charge in [0.25, 0.3) is 5.91 Å². The molecule has 1 amide bonds. The summed E-state index contributed by atoms with van der Waals surface area (Å²) in [5, 5.41) is 12.1. The summed E-state index contributed by atoms with van der Waals surface area (Å²) in [5.41, 5.74) is 1.54. The van der Waals surface area contributed by atoms with Crippen LogP contribution in [-0.4, -0.2) is 17.6 Å². The molecule has 1 heterocycles. The number of hydrazine groups is 2. The van der Waals surface area contributed by atoms with Crippen LogP contribution in [0, 0.1) is 0 Å². The Hall–Kier alpha value is -2.45. The molecule has 2 aromatic rings. The Bertz CT molecular complexity index is 798. The first-order chi connectivity index (χ1) is 11.3. The second kappa shape index (κ2) is 5.88. The number of nitrogens with one attached hydrogen (secondary N) is 1. The number of aromatic hydroxyl groups is 1. The highest BCUT2D eigenvalue weighted by Gasteiger charge is 2.38. The molecule has 0 radical (unpaired) electrons. The van der Waals surface area contributed by atoms with Crippen molar-refractivity contribution in [3.05, 3.63) is 53.1 Å². The molecule has 1 fully saturated rings. The number of benzene rings is 2. The fourth-order valence-corrected chi connectivity index (χ4v) is 2.54. The van der Waals surface area contributed by atoms with E-state index in [1.807, 2.05) is 0 Å². The predicted octanol–water partition coefficient (Wildman–Crippen LogP) is 3.34. The summed E-state index contributed by atoms with van der Waals surface area (Å²) in [6, 6.07) is 8.95. The van der Waals surface area contributed by atoms with Crippen molar-refractivity contribution in [3.8, 4) is 5.75 Å². The molecule has 5 nitrogen and oxygen atoms in total. The number of hydrogen-bond donors (Lipinski definition) is 2. The molecule has 1 aliphatic rings. The van der Waals surface area contributed by atoms with Crippen LogP contribution in [0.25, 0.3) is 0 Å². The molecule has 1 saturated heterocycles. The Morgan fingerprint density at radius 1 is 1.12 bits per heavy atom. The third kappa shape index (κ3) is 2.98. The minimum Gasteiger partial charge on any atom is -0.506 e. The molecule has 0 aromatic heterocycles. The summed E-state index contributed by atoms with van der Waals surface area (Å²) in [6.07, 6.45) is -4.56. The number of halogens is 4. The van der Waals surface area contributed by atoms with E-state index in [2.05, 4.69) is 5.53 Å². The van der Waals surface area contributed by atoms with E-state index in [0.717, 1.165) is 16.1 Å². The van der Waals surface area contributed by atoms with E-state index in [1.165, 1.54) is 36.4 Å². The summed E-state index contributed by atoms with van der Waals surface area (Å²) in [5.74, 6) is -0.768. The summed E-state index contributed by atoms with van der Waals surface area (Å²) >= 11 is 5.84. The number of carbonyl (C=O) groups is 1. The van der Waals surface area contributed by atoms with Crippen LogP contribution in [0.1, 0.15) is 5.56 Å². The van der Waals surface area contributed by atoms with Crippen molar-refractivity contribution in [1.82, 2.24) is 5.53 Å². The number of rotatable bonds is 2.